The van der Waals surface area contributed by atoms with Gasteiger partial charge < -0.3 is 19.7 Å². The second-order valence-electron chi connectivity index (χ2n) is 7.60. The predicted molar refractivity (Wildman–Crippen MR) is 122 cm³/mol. The van der Waals surface area contributed by atoms with Gasteiger partial charge in [0.15, 0.2) is 0 Å². The van der Waals surface area contributed by atoms with Crippen molar-refractivity contribution in [3.63, 3.8) is 0 Å². The van der Waals surface area contributed by atoms with Gasteiger partial charge in [0.2, 0.25) is 11.8 Å². The maximum Gasteiger partial charge on any atom is 0.242 e. The molecule has 0 aromatic heterocycles. The lowest BCUT2D eigenvalue weighted by Gasteiger charge is -2.29. The fraction of sp³-hybridized carbons (Fsp3) is 0.440. The van der Waals surface area contributed by atoms with Crippen LogP contribution in [-0.2, 0) is 16.1 Å². The van der Waals surface area contributed by atoms with Gasteiger partial charge in [-0.1, -0.05) is 25.5 Å². The number of amides is 2. The number of carbonyl (C=O) groups excluding carboxylic acids is 2. The third-order valence-electron chi connectivity index (χ3n) is 5.13. The molecule has 0 radical (unpaired) electrons. The van der Waals surface area contributed by atoms with Crippen LogP contribution in [0.15, 0.2) is 48.5 Å². The zero-order valence-electron chi connectivity index (χ0n) is 19.1. The highest BCUT2D eigenvalue weighted by atomic mass is 19.1. The van der Waals surface area contributed by atoms with E-state index in [0.29, 0.717) is 25.3 Å². The molecular weight excluding hydrogens is 411 g/mol. The van der Waals surface area contributed by atoms with Gasteiger partial charge in [-0.25, -0.2) is 4.39 Å². The van der Waals surface area contributed by atoms with E-state index in [9.17, 15) is 14.0 Å². The zero-order valence-corrected chi connectivity index (χ0v) is 19.1. The first kappa shape index (κ1) is 25.2. The molecule has 1 atom stereocenters. The summed E-state index contributed by atoms with van der Waals surface area (Å²) >= 11 is 0. The molecule has 0 fully saturated rings. The highest BCUT2D eigenvalue weighted by Gasteiger charge is 2.25. The van der Waals surface area contributed by atoms with Crippen molar-refractivity contribution in [2.45, 2.75) is 52.1 Å². The lowest BCUT2D eigenvalue weighted by atomic mass is 10.1. The summed E-state index contributed by atoms with van der Waals surface area (Å²) in [4.78, 5) is 27.1. The van der Waals surface area contributed by atoms with Crippen LogP contribution >= 0.6 is 0 Å². The Morgan fingerprint density at radius 3 is 2.31 bits per heavy atom. The summed E-state index contributed by atoms with van der Waals surface area (Å²) in [5, 5.41) is 2.88. The number of halogens is 1. The summed E-state index contributed by atoms with van der Waals surface area (Å²) in [5.41, 5.74) is 0.766. The number of nitrogens with one attached hydrogen (secondary N) is 1. The standard InChI is InChI=1S/C25H33FN2O4/c1-4-5-16-27-25(30)19(2)28(18-20-8-10-21(26)11-9-20)24(29)7-6-17-32-23-14-12-22(31-3)13-15-23/h8-15,19H,4-7,16-18H2,1-3H3,(H,27,30). The molecular formula is C25H33FN2O4. The first-order valence-electron chi connectivity index (χ1n) is 11.0. The van der Waals surface area contributed by atoms with Crippen molar-refractivity contribution in [2.75, 3.05) is 20.3 Å². The summed E-state index contributed by atoms with van der Waals surface area (Å²) in [5.74, 6) is 0.766. The normalized spacial score (nSPS) is 11.5. The van der Waals surface area contributed by atoms with Gasteiger partial charge >= 0.3 is 0 Å². The molecule has 2 aromatic rings. The van der Waals surface area contributed by atoms with Crippen LogP contribution < -0.4 is 14.8 Å². The second-order valence-corrected chi connectivity index (χ2v) is 7.60. The maximum absolute atomic E-state index is 13.3. The number of methoxy groups -OCH3 is 1. The van der Waals surface area contributed by atoms with E-state index >= 15 is 0 Å². The SMILES string of the molecule is CCCCNC(=O)C(C)N(Cc1ccc(F)cc1)C(=O)CCCOc1ccc(OC)cc1. The van der Waals surface area contributed by atoms with Gasteiger partial charge in [-0.3, -0.25) is 9.59 Å². The quantitative estimate of drug-likeness (QED) is 0.467. The van der Waals surface area contributed by atoms with E-state index in [1.165, 1.54) is 12.1 Å². The molecule has 2 aromatic carbocycles. The van der Waals surface area contributed by atoms with Crippen molar-refractivity contribution in [2.24, 2.45) is 0 Å². The van der Waals surface area contributed by atoms with Crippen molar-refractivity contribution in [3.05, 3.63) is 59.9 Å². The molecule has 0 aliphatic rings. The molecule has 32 heavy (non-hydrogen) atoms. The highest BCUT2D eigenvalue weighted by molar-refractivity contribution is 5.87. The zero-order chi connectivity index (χ0) is 23.3. The molecule has 0 heterocycles. The van der Waals surface area contributed by atoms with Crippen LogP contribution in [0.25, 0.3) is 0 Å². The third kappa shape index (κ3) is 8.21. The van der Waals surface area contributed by atoms with Crippen LogP contribution in [0.2, 0.25) is 0 Å². The molecule has 0 aliphatic heterocycles. The molecule has 1 N–H and O–H groups in total. The van der Waals surface area contributed by atoms with E-state index in [0.717, 1.165) is 24.2 Å². The molecule has 6 nitrogen and oxygen atoms in total. The summed E-state index contributed by atoms with van der Waals surface area (Å²) in [6.07, 6.45) is 2.60. The van der Waals surface area contributed by atoms with Crippen molar-refractivity contribution in [3.8, 4) is 11.5 Å². The Morgan fingerprint density at radius 2 is 1.69 bits per heavy atom. The number of unbranched alkanes of at least 4 members (excludes halogenated alkanes) is 1. The minimum atomic E-state index is -0.632. The maximum atomic E-state index is 13.3. The Labute approximate surface area is 189 Å². The predicted octanol–water partition coefficient (Wildman–Crippen LogP) is 4.33. The average molecular weight is 445 g/mol. The number of benzene rings is 2. The van der Waals surface area contributed by atoms with Gasteiger partial charge in [0.1, 0.15) is 23.4 Å². The minimum absolute atomic E-state index is 0.147. The summed E-state index contributed by atoms with van der Waals surface area (Å²) in [6.45, 7) is 4.96. The largest absolute Gasteiger partial charge is 0.497 e. The Bertz CT molecular complexity index is 840. The molecule has 0 spiro atoms. The van der Waals surface area contributed by atoms with E-state index in [-0.39, 0.29) is 30.6 Å². The monoisotopic (exact) mass is 444 g/mol. The van der Waals surface area contributed by atoms with Crippen LogP contribution in [0, 0.1) is 5.82 Å². The topological polar surface area (TPSA) is 67.9 Å². The van der Waals surface area contributed by atoms with E-state index < -0.39 is 6.04 Å². The number of hydrogen-bond acceptors (Lipinski definition) is 4. The van der Waals surface area contributed by atoms with Crippen LogP contribution in [-0.4, -0.2) is 43.0 Å². The van der Waals surface area contributed by atoms with E-state index in [4.69, 9.17) is 9.47 Å². The van der Waals surface area contributed by atoms with Gasteiger partial charge in [0, 0.05) is 19.5 Å². The lowest BCUT2D eigenvalue weighted by Crippen LogP contribution is -2.47. The number of hydrogen-bond donors (Lipinski definition) is 1. The molecule has 0 saturated carbocycles. The van der Waals surface area contributed by atoms with Gasteiger partial charge in [-0.15, -0.1) is 0 Å². The van der Waals surface area contributed by atoms with E-state index in [1.54, 1.807) is 31.1 Å². The van der Waals surface area contributed by atoms with Crippen LogP contribution in [0.1, 0.15) is 45.1 Å². The molecule has 0 bridgehead atoms. The smallest absolute Gasteiger partial charge is 0.242 e. The molecule has 1 unspecified atom stereocenters. The van der Waals surface area contributed by atoms with E-state index in [1.807, 2.05) is 31.2 Å². The van der Waals surface area contributed by atoms with Gasteiger partial charge in [0.25, 0.3) is 0 Å². The number of ether oxygens (including phenoxy) is 2. The second kappa shape index (κ2) is 13.3. The van der Waals surface area contributed by atoms with Gasteiger partial charge in [0.05, 0.1) is 13.7 Å². The molecule has 7 heteroatoms. The van der Waals surface area contributed by atoms with E-state index in [2.05, 4.69) is 5.32 Å². The first-order valence-corrected chi connectivity index (χ1v) is 11.0. The summed E-state index contributed by atoms with van der Waals surface area (Å²) in [7, 11) is 1.60. The average Bonchev–Trinajstić information content (AvgIpc) is 2.81. The fourth-order valence-electron chi connectivity index (χ4n) is 3.13. The Kier molecular flexibility index (Phi) is 10.5. The van der Waals surface area contributed by atoms with Crippen molar-refractivity contribution < 1.29 is 23.5 Å². The number of rotatable bonds is 13. The molecule has 2 rings (SSSR count). The summed E-state index contributed by atoms with van der Waals surface area (Å²) < 4.78 is 24.1. The Balaban J connectivity index is 1.95. The van der Waals surface area contributed by atoms with Crippen molar-refractivity contribution in [1.82, 2.24) is 10.2 Å². The first-order chi connectivity index (χ1) is 15.4. The molecule has 174 valence electrons. The third-order valence-corrected chi connectivity index (χ3v) is 5.13. The lowest BCUT2D eigenvalue weighted by molar-refractivity contribution is -0.140. The minimum Gasteiger partial charge on any atom is -0.497 e. The fourth-order valence-corrected chi connectivity index (χ4v) is 3.13. The molecule has 2 amide bonds. The van der Waals surface area contributed by atoms with Crippen molar-refractivity contribution >= 4 is 11.8 Å². The number of nitrogens with zero attached hydrogens (tertiary/aromatic N) is 1. The van der Waals surface area contributed by atoms with Gasteiger partial charge in [-0.05, 0) is 61.7 Å². The number of carbonyl (C=O) groups is 2. The Hall–Kier alpha value is -3.09. The molecule has 0 saturated heterocycles. The van der Waals surface area contributed by atoms with Gasteiger partial charge in [-0.2, -0.15) is 0 Å². The van der Waals surface area contributed by atoms with Crippen LogP contribution in [0.3, 0.4) is 0 Å². The highest BCUT2D eigenvalue weighted by Crippen LogP contribution is 2.18. The Morgan fingerprint density at radius 1 is 1.03 bits per heavy atom. The molecule has 0 aliphatic carbocycles. The van der Waals surface area contributed by atoms with Crippen LogP contribution in [0.4, 0.5) is 4.39 Å². The van der Waals surface area contributed by atoms with Crippen molar-refractivity contribution in [1.29, 1.82) is 0 Å². The van der Waals surface area contributed by atoms with Crippen LogP contribution in [0.5, 0.6) is 11.5 Å². The summed E-state index contributed by atoms with van der Waals surface area (Å²) in [6, 6.07) is 12.6.